The molecule has 0 bridgehead atoms. The molecule has 0 aliphatic heterocycles. The van der Waals surface area contributed by atoms with Gasteiger partial charge in [0.25, 0.3) is 0 Å². The van der Waals surface area contributed by atoms with E-state index in [1.807, 2.05) is 18.2 Å². The molecule has 0 amide bonds. The number of rotatable bonds is 4. The average Bonchev–Trinajstić information content (AvgIpc) is 2.06. The summed E-state index contributed by atoms with van der Waals surface area (Å²) < 4.78 is 0. The molecule has 1 heterocycles. The number of hydrogen-bond acceptors (Lipinski definition) is 3. The summed E-state index contributed by atoms with van der Waals surface area (Å²) in [5.74, 6) is 0. The molecule has 4 heteroatoms. The average molecular weight is 203 g/mol. The fourth-order valence-electron chi connectivity index (χ4n) is 1.06. The zero-order valence-corrected chi connectivity index (χ0v) is 8.20. The van der Waals surface area contributed by atoms with Gasteiger partial charge in [-0.3, -0.25) is 4.98 Å². The predicted octanol–water partition coefficient (Wildman–Crippen LogP) is 0.756. The van der Waals surface area contributed by atoms with Gasteiger partial charge >= 0.3 is 0 Å². The second-order valence-corrected chi connectivity index (χ2v) is 2.80. The highest BCUT2D eigenvalue weighted by Gasteiger charge is 2.02. The van der Waals surface area contributed by atoms with Gasteiger partial charge in [0, 0.05) is 31.0 Å². The van der Waals surface area contributed by atoms with Gasteiger partial charge in [-0.2, -0.15) is 0 Å². The van der Waals surface area contributed by atoms with Gasteiger partial charge in [0.15, 0.2) is 0 Å². The van der Waals surface area contributed by atoms with E-state index in [1.165, 1.54) is 0 Å². The quantitative estimate of drug-likeness (QED) is 0.758. The van der Waals surface area contributed by atoms with E-state index in [-0.39, 0.29) is 25.1 Å². The van der Waals surface area contributed by atoms with Crippen LogP contribution in [0.25, 0.3) is 0 Å². The Balaban J connectivity index is 0.00000144. The van der Waals surface area contributed by atoms with Crippen LogP contribution in [0.4, 0.5) is 0 Å². The molecule has 1 rings (SSSR count). The highest BCUT2D eigenvalue weighted by atomic mass is 35.5. The summed E-state index contributed by atoms with van der Waals surface area (Å²) in [6.07, 6.45) is 3.12. The molecule has 0 radical (unpaired) electrons. The normalized spacial score (nSPS) is 11.8. The highest BCUT2D eigenvalue weighted by Crippen LogP contribution is 1.99. The topological polar surface area (TPSA) is 59.1 Å². The first-order valence-corrected chi connectivity index (χ1v) is 4.09. The van der Waals surface area contributed by atoms with Gasteiger partial charge in [-0.25, -0.2) is 0 Å². The Bertz CT molecular complexity index is 218. The molecule has 1 aromatic heterocycles. The summed E-state index contributed by atoms with van der Waals surface area (Å²) in [5.41, 5.74) is 6.70. The van der Waals surface area contributed by atoms with Gasteiger partial charge in [0.05, 0.1) is 0 Å². The van der Waals surface area contributed by atoms with E-state index >= 15 is 0 Å². The molecule has 3 N–H and O–H groups in total. The molecule has 0 aliphatic rings. The van der Waals surface area contributed by atoms with E-state index in [4.69, 9.17) is 10.8 Å². The Morgan fingerprint density at radius 2 is 2.23 bits per heavy atom. The zero-order valence-electron chi connectivity index (χ0n) is 7.39. The molecule has 0 saturated heterocycles. The van der Waals surface area contributed by atoms with Crippen LogP contribution in [-0.4, -0.2) is 22.7 Å². The molecule has 1 aromatic rings. The van der Waals surface area contributed by atoms with Crippen molar-refractivity contribution < 1.29 is 5.11 Å². The third kappa shape index (κ3) is 4.83. The van der Waals surface area contributed by atoms with Gasteiger partial charge in [-0.15, -0.1) is 12.4 Å². The number of aliphatic hydroxyl groups is 1. The standard InChI is InChI=1S/C9H14N2O.ClH/c10-8(4-6-12)7-9-3-1-2-5-11-9;/h1-3,5,8,12H,4,6-7,10H2;1H. The molecule has 0 spiro atoms. The summed E-state index contributed by atoms with van der Waals surface area (Å²) in [4.78, 5) is 4.14. The van der Waals surface area contributed by atoms with Crippen LogP contribution < -0.4 is 5.73 Å². The Morgan fingerprint density at radius 1 is 1.46 bits per heavy atom. The van der Waals surface area contributed by atoms with Gasteiger partial charge < -0.3 is 10.8 Å². The Labute approximate surface area is 84.4 Å². The lowest BCUT2D eigenvalue weighted by Crippen LogP contribution is -2.24. The number of nitrogens with zero attached hydrogens (tertiary/aromatic N) is 1. The van der Waals surface area contributed by atoms with Crippen molar-refractivity contribution in [2.45, 2.75) is 18.9 Å². The zero-order chi connectivity index (χ0) is 8.81. The van der Waals surface area contributed by atoms with Crippen LogP contribution in [-0.2, 0) is 6.42 Å². The molecule has 1 unspecified atom stereocenters. The number of aliphatic hydroxyl groups excluding tert-OH is 1. The lowest BCUT2D eigenvalue weighted by Gasteiger charge is -2.07. The van der Waals surface area contributed by atoms with Crippen LogP contribution in [0.2, 0.25) is 0 Å². The fourth-order valence-corrected chi connectivity index (χ4v) is 1.06. The molecule has 74 valence electrons. The van der Waals surface area contributed by atoms with E-state index in [2.05, 4.69) is 4.98 Å². The number of hydrogen-bond donors (Lipinski definition) is 2. The Kier molecular flexibility index (Phi) is 6.49. The summed E-state index contributed by atoms with van der Waals surface area (Å²) >= 11 is 0. The number of pyridine rings is 1. The number of halogens is 1. The first-order valence-electron chi connectivity index (χ1n) is 4.09. The minimum absolute atomic E-state index is 0. The molecule has 0 fully saturated rings. The van der Waals surface area contributed by atoms with Gasteiger partial charge in [0.2, 0.25) is 0 Å². The van der Waals surface area contributed by atoms with Crippen LogP contribution in [0.1, 0.15) is 12.1 Å². The van der Waals surface area contributed by atoms with E-state index < -0.39 is 0 Å². The van der Waals surface area contributed by atoms with E-state index in [0.717, 1.165) is 12.1 Å². The Hall–Kier alpha value is -0.640. The molecular weight excluding hydrogens is 188 g/mol. The molecule has 13 heavy (non-hydrogen) atoms. The van der Waals surface area contributed by atoms with Gasteiger partial charge in [-0.05, 0) is 18.6 Å². The van der Waals surface area contributed by atoms with Crippen molar-refractivity contribution in [1.82, 2.24) is 4.98 Å². The van der Waals surface area contributed by atoms with Crippen LogP contribution in [0.15, 0.2) is 24.4 Å². The maximum Gasteiger partial charge on any atom is 0.0445 e. The summed E-state index contributed by atoms with van der Waals surface area (Å²) in [7, 11) is 0. The maximum atomic E-state index is 8.61. The van der Waals surface area contributed by atoms with Crippen LogP contribution in [0.3, 0.4) is 0 Å². The summed E-state index contributed by atoms with van der Waals surface area (Å²) in [5, 5.41) is 8.61. The molecule has 0 saturated carbocycles. The molecular formula is C9H15ClN2O. The second-order valence-electron chi connectivity index (χ2n) is 2.80. The molecule has 0 aliphatic carbocycles. The highest BCUT2D eigenvalue weighted by molar-refractivity contribution is 5.85. The summed E-state index contributed by atoms with van der Waals surface area (Å²) in [6.45, 7) is 0.147. The lowest BCUT2D eigenvalue weighted by molar-refractivity contribution is 0.275. The molecule has 3 nitrogen and oxygen atoms in total. The maximum absolute atomic E-state index is 8.61. The first kappa shape index (κ1) is 12.4. The summed E-state index contributed by atoms with van der Waals surface area (Å²) in [6, 6.07) is 5.77. The Morgan fingerprint density at radius 3 is 2.77 bits per heavy atom. The third-order valence-corrected chi connectivity index (χ3v) is 1.70. The van der Waals surface area contributed by atoms with Crippen LogP contribution in [0, 0.1) is 0 Å². The van der Waals surface area contributed by atoms with Gasteiger partial charge in [-0.1, -0.05) is 6.07 Å². The third-order valence-electron chi connectivity index (χ3n) is 1.70. The van der Waals surface area contributed by atoms with Crippen molar-refractivity contribution in [1.29, 1.82) is 0 Å². The minimum Gasteiger partial charge on any atom is -0.396 e. The molecule has 1 atom stereocenters. The number of nitrogens with two attached hydrogens (primary N) is 1. The largest absolute Gasteiger partial charge is 0.396 e. The second kappa shape index (κ2) is 6.83. The van der Waals surface area contributed by atoms with Gasteiger partial charge in [0.1, 0.15) is 0 Å². The smallest absolute Gasteiger partial charge is 0.0445 e. The predicted molar refractivity (Wildman–Crippen MR) is 54.9 cm³/mol. The van der Waals surface area contributed by atoms with E-state index in [0.29, 0.717) is 6.42 Å². The van der Waals surface area contributed by atoms with Crippen molar-refractivity contribution in [3.05, 3.63) is 30.1 Å². The van der Waals surface area contributed by atoms with E-state index in [1.54, 1.807) is 6.20 Å². The minimum atomic E-state index is 0. The van der Waals surface area contributed by atoms with Crippen molar-refractivity contribution in [3.8, 4) is 0 Å². The lowest BCUT2D eigenvalue weighted by atomic mass is 10.1. The number of aromatic nitrogens is 1. The van der Waals surface area contributed by atoms with E-state index in [9.17, 15) is 0 Å². The van der Waals surface area contributed by atoms with Crippen molar-refractivity contribution in [3.63, 3.8) is 0 Å². The van der Waals surface area contributed by atoms with Crippen LogP contribution in [0.5, 0.6) is 0 Å². The van der Waals surface area contributed by atoms with Crippen molar-refractivity contribution in [2.24, 2.45) is 5.73 Å². The van der Waals surface area contributed by atoms with Crippen LogP contribution >= 0.6 is 12.4 Å². The fraction of sp³-hybridized carbons (Fsp3) is 0.444. The first-order chi connectivity index (χ1) is 5.83. The molecule has 0 aromatic carbocycles. The SMILES string of the molecule is Cl.NC(CCO)Cc1ccccn1. The van der Waals surface area contributed by atoms with Crippen molar-refractivity contribution in [2.75, 3.05) is 6.61 Å². The monoisotopic (exact) mass is 202 g/mol. The van der Waals surface area contributed by atoms with Crippen molar-refractivity contribution >= 4 is 12.4 Å².